The van der Waals surface area contributed by atoms with Gasteiger partial charge in [-0.05, 0) is 50.2 Å². The van der Waals surface area contributed by atoms with Crippen molar-refractivity contribution in [1.29, 1.82) is 0 Å². The lowest BCUT2D eigenvalue weighted by Crippen LogP contribution is -2.32. The second kappa shape index (κ2) is 9.56. The van der Waals surface area contributed by atoms with Crippen molar-refractivity contribution in [2.75, 3.05) is 30.8 Å². The number of hydrogen-bond acceptors (Lipinski definition) is 6. The monoisotopic (exact) mass is 385 g/mol. The van der Waals surface area contributed by atoms with Gasteiger partial charge in [0.1, 0.15) is 5.82 Å². The quantitative estimate of drug-likeness (QED) is 0.532. The topological polar surface area (TPSA) is 117 Å². The van der Waals surface area contributed by atoms with Crippen LogP contribution in [0, 0.1) is 24.0 Å². The summed E-state index contributed by atoms with van der Waals surface area (Å²) in [5.41, 5.74) is 2.11. The number of nitrogens with one attached hydrogen (secondary N) is 2. The highest BCUT2D eigenvalue weighted by atomic mass is 16.6. The number of anilines is 2. The van der Waals surface area contributed by atoms with Crippen LogP contribution in [0.1, 0.15) is 17.5 Å². The average molecular weight is 385 g/mol. The second-order valence-corrected chi connectivity index (χ2v) is 6.56. The van der Waals surface area contributed by atoms with Crippen LogP contribution in [0.5, 0.6) is 0 Å². The van der Waals surface area contributed by atoms with Gasteiger partial charge in [0.2, 0.25) is 11.8 Å². The van der Waals surface area contributed by atoms with Crippen molar-refractivity contribution in [1.82, 2.24) is 9.88 Å². The number of benzene rings is 1. The van der Waals surface area contributed by atoms with E-state index in [0.29, 0.717) is 23.6 Å². The molecule has 0 aliphatic carbocycles. The van der Waals surface area contributed by atoms with Gasteiger partial charge in [0.05, 0.1) is 11.5 Å². The number of non-ortho nitro benzene ring substituents is 1. The molecule has 0 unspecified atom stereocenters. The Morgan fingerprint density at radius 3 is 2.54 bits per heavy atom. The zero-order chi connectivity index (χ0) is 20.7. The van der Waals surface area contributed by atoms with Crippen molar-refractivity contribution >= 4 is 29.0 Å². The van der Waals surface area contributed by atoms with E-state index in [-0.39, 0.29) is 30.5 Å². The van der Waals surface area contributed by atoms with Gasteiger partial charge in [-0.25, -0.2) is 4.98 Å². The fraction of sp³-hybridized carbons (Fsp3) is 0.316. The molecule has 0 radical (unpaired) electrons. The zero-order valence-electron chi connectivity index (χ0n) is 16.1. The van der Waals surface area contributed by atoms with Crippen LogP contribution >= 0.6 is 0 Å². The third kappa shape index (κ3) is 6.44. The number of aromatic nitrogens is 1. The second-order valence-electron chi connectivity index (χ2n) is 6.56. The molecule has 1 heterocycles. The van der Waals surface area contributed by atoms with Crippen LogP contribution < -0.4 is 10.6 Å². The molecule has 0 spiro atoms. The number of rotatable bonds is 8. The Labute approximate surface area is 162 Å². The van der Waals surface area contributed by atoms with Crippen LogP contribution in [0.25, 0.3) is 0 Å². The van der Waals surface area contributed by atoms with E-state index in [9.17, 15) is 19.7 Å². The minimum absolute atomic E-state index is 0.0238. The van der Waals surface area contributed by atoms with Crippen LogP contribution in [-0.2, 0) is 9.59 Å². The maximum Gasteiger partial charge on any atom is 0.269 e. The molecule has 2 N–H and O–H groups in total. The number of carbonyl (C=O) groups is 2. The fourth-order valence-corrected chi connectivity index (χ4v) is 2.52. The third-order valence-electron chi connectivity index (χ3n) is 4.01. The van der Waals surface area contributed by atoms with E-state index in [1.165, 1.54) is 18.2 Å². The number of pyridine rings is 1. The molecule has 0 bridgehead atoms. The number of nitro benzene ring substituents is 1. The molecular weight excluding hydrogens is 362 g/mol. The minimum Gasteiger partial charge on any atom is -0.326 e. The molecule has 2 amide bonds. The smallest absolute Gasteiger partial charge is 0.269 e. The van der Waals surface area contributed by atoms with Crippen molar-refractivity contribution in [2.45, 2.75) is 20.3 Å². The third-order valence-corrected chi connectivity index (χ3v) is 4.01. The van der Waals surface area contributed by atoms with Gasteiger partial charge >= 0.3 is 0 Å². The standard InChI is InChI=1S/C19H23N5O4/c1-13-6-8-20-17(10-13)22-19(26)12-23(3)9-7-18(25)21-16-5-4-15(24(27)28)11-14(16)2/h4-6,8,10-11H,7,9,12H2,1-3H3,(H,21,25)(H,20,22,26). The molecule has 0 saturated heterocycles. The Balaban J connectivity index is 1.79. The first-order valence-corrected chi connectivity index (χ1v) is 8.70. The van der Waals surface area contributed by atoms with E-state index < -0.39 is 4.92 Å². The number of hydrogen-bond donors (Lipinski definition) is 2. The van der Waals surface area contributed by atoms with Crippen molar-refractivity contribution in [2.24, 2.45) is 0 Å². The summed E-state index contributed by atoms with van der Waals surface area (Å²) in [6, 6.07) is 7.88. The Hall–Kier alpha value is -3.33. The van der Waals surface area contributed by atoms with Crippen LogP contribution in [0.2, 0.25) is 0 Å². The van der Waals surface area contributed by atoms with E-state index in [4.69, 9.17) is 0 Å². The molecule has 2 aromatic rings. The number of nitro groups is 1. The number of nitrogens with zero attached hydrogens (tertiary/aromatic N) is 3. The number of carbonyl (C=O) groups excluding carboxylic acids is 2. The van der Waals surface area contributed by atoms with Crippen LogP contribution in [0.15, 0.2) is 36.5 Å². The molecule has 0 aliphatic heterocycles. The first-order valence-electron chi connectivity index (χ1n) is 8.70. The molecule has 2 rings (SSSR count). The Bertz CT molecular complexity index is 884. The van der Waals surface area contributed by atoms with Gasteiger partial charge in [0.25, 0.3) is 5.69 Å². The highest BCUT2D eigenvalue weighted by Gasteiger charge is 2.12. The van der Waals surface area contributed by atoms with Gasteiger partial charge < -0.3 is 10.6 Å². The minimum atomic E-state index is -0.481. The summed E-state index contributed by atoms with van der Waals surface area (Å²) in [5.74, 6) is 0.0431. The van der Waals surface area contributed by atoms with E-state index in [1.54, 1.807) is 31.1 Å². The van der Waals surface area contributed by atoms with E-state index in [1.807, 2.05) is 13.0 Å². The summed E-state index contributed by atoms with van der Waals surface area (Å²) < 4.78 is 0. The maximum atomic E-state index is 12.1. The summed E-state index contributed by atoms with van der Waals surface area (Å²) in [4.78, 5) is 40.3. The van der Waals surface area contributed by atoms with Crippen LogP contribution in [0.3, 0.4) is 0 Å². The Morgan fingerprint density at radius 1 is 1.14 bits per heavy atom. The Kier molecular flexibility index (Phi) is 7.16. The molecule has 1 aromatic heterocycles. The Morgan fingerprint density at radius 2 is 1.89 bits per heavy atom. The molecular formula is C19H23N5O4. The molecule has 28 heavy (non-hydrogen) atoms. The summed E-state index contributed by atoms with van der Waals surface area (Å²) in [6.45, 7) is 4.11. The van der Waals surface area contributed by atoms with Gasteiger partial charge in [-0.1, -0.05) is 0 Å². The molecule has 0 saturated carbocycles. The zero-order valence-corrected chi connectivity index (χ0v) is 16.1. The summed E-state index contributed by atoms with van der Waals surface area (Å²) in [7, 11) is 1.74. The van der Waals surface area contributed by atoms with E-state index in [0.717, 1.165) is 5.56 Å². The van der Waals surface area contributed by atoms with E-state index in [2.05, 4.69) is 15.6 Å². The number of likely N-dealkylation sites (N-methyl/N-ethyl adjacent to an activating group) is 1. The molecule has 1 aromatic carbocycles. The number of aryl methyl sites for hydroxylation is 2. The summed E-state index contributed by atoms with van der Waals surface area (Å²) in [5, 5.41) is 16.2. The largest absolute Gasteiger partial charge is 0.326 e. The van der Waals surface area contributed by atoms with Crippen LogP contribution in [-0.4, -0.2) is 46.8 Å². The predicted octanol–water partition coefficient (Wildman–Crippen LogP) is 2.51. The molecule has 0 fully saturated rings. The lowest BCUT2D eigenvalue weighted by molar-refractivity contribution is -0.384. The van der Waals surface area contributed by atoms with Gasteiger partial charge in [-0.15, -0.1) is 0 Å². The summed E-state index contributed by atoms with van der Waals surface area (Å²) in [6.07, 6.45) is 1.81. The maximum absolute atomic E-state index is 12.1. The van der Waals surface area contributed by atoms with Gasteiger partial charge in [0.15, 0.2) is 0 Å². The van der Waals surface area contributed by atoms with Crippen LogP contribution in [0.4, 0.5) is 17.2 Å². The first kappa shape index (κ1) is 21.0. The molecule has 0 atom stereocenters. The highest BCUT2D eigenvalue weighted by molar-refractivity contribution is 5.92. The van der Waals surface area contributed by atoms with Crippen molar-refractivity contribution in [3.8, 4) is 0 Å². The SMILES string of the molecule is Cc1ccnc(NC(=O)CN(C)CCC(=O)Nc2ccc([N+](=O)[O-])cc2C)c1. The lowest BCUT2D eigenvalue weighted by atomic mass is 10.1. The predicted molar refractivity (Wildman–Crippen MR) is 106 cm³/mol. The van der Waals surface area contributed by atoms with E-state index >= 15 is 0 Å². The highest BCUT2D eigenvalue weighted by Crippen LogP contribution is 2.21. The fourth-order valence-electron chi connectivity index (χ4n) is 2.52. The van der Waals surface area contributed by atoms with Crippen molar-refractivity contribution < 1.29 is 14.5 Å². The lowest BCUT2D eigenvalue weighted by Gasteiger charge is -2.16. The first-order chi connectivity index (χ1) is 13.2. The summed E-state index contributed by atoms with van der Waals surface area (Å²) >= 11 is 0. The molecule has 9 nitrogen and oxygen atoms in total. The van der Waals surface area contributed by atoms with Crippen molar-refractivity contribution in [3.63, 3.8) is 0 Å². The average Bonchev–Trinajstić information content (AvgIpc) is 2.61. The van der Waals surface area contributed by atoms with Gasteiger partial charge in [-0.3, -0.25) is 24.6 Å². The normalized spacial score (nSPS) is 10.6. The number of amides is 2. The van der Waals surface area contributed by atoms with Gasteiger partial charge in [-0.2, -0.15) is 0 Å². The van der Waals surface area contributed by atoms with Crippen molar-refractivity contribution in [3.05, 3.63) is 57.8 Å². The van der Waals surface area contributed by atoms with Gasteiger partial charge in [0, 0.05) is 37.0 Å². The molecule has 148 valence electrons. The molecule has 9 heteroatoms. The molecule has 0 aliphatic rings.